The highest BCUT2D eigenvalue weighted by Gasteiger charge is 2.30. The maximum Gasteiger partial charge on any atom is 0.243 e. The first-order chi connectivity index (χ1) is 12.9. The Morgan fingerprint density at radius 1 is 1.19 bits per heavy atom. The smallest absolute Gasteiger partial charge is 0.243 e. The number of carbonyl (C=O) groups excluding carboxylic acids is 1. The van der Waals surface area contributed by atoms with Crippen LogP contribution in [-0.4, -0.2) is 44.8 Å². The highest BCUT2D eigenvalue weighted by atomic mass is 32.2. The summed E-state index contributed by atoms with van der Waals surface area (Å²) in [6.07, 6.45) is 4.32. The lowest BCUT2D eigenvalue weighted by Crippen LogP contribution is -2.47. The number of anilines is 1. The van der Waals surface area contributed by atoms with E-state index in [1.807, 2.05) is 0 Å². The van der Waals surface area contributed by atoms with Gasteiger partial charge < -0.3 is 14.8 Å². The minimum absolute atomic E-state index is 0.282. The SMILES string of the molecule is C[C@@H](C(=O)NCc1ccncc1)N(c1ccc2c(c1)OCCO2)S(C)(=O)=O. The van der Waals surface area contributed by atoms with Gasteiger partial charge in [0.25, 0.3) is 0 Å². The number of pyridine rings is 1. The van der Waals surface area contributed by atoms with Crippen molar-refractivity contribution in [2.24, 2.45) is 0 Å². The van der Waals surface area contributed by atoms with E-state index >= 15 is 0 Å². The number of hydrogen-bond acceptors (Lipinski definition) is 6. The highest BCUT2D eigenvalue weighted by molar-refractivity contribution is 7.92. The summed E-state index contributed by atoms with van der Waals surface area (Å²) >= 11 is 0. The third-order valence-electron chi connectivity index (χ3n) is 4.08. The summed E-state index contributed by atoms with van der Waals surface area (Å²) < 4.78 is 36.8. The molecule has 1 aromatic heterocycles. The third kappa shape index (κ3) is 4.48. The maximum atomic E-state index is 12.6. The van der Waals surface area contributed by atoms with Crippen LogP contribution in [0.15, 0.2) is 42.7 Å². The monoisotopic (exact) mass is 391 g/mol. The fraction of sp³-hybridized carbons (Fsp3) is 0.333. The number of ether oxygens (including phenoxy) is 2. The van der Waals surface area contributed by atoms with Crippen LogP contribution < -0.4 is 19.1 Å². The number of rotatable bonds is 6. The molecule has 3 rings (SSSR count). The zero-order chi connectivity index (χ0) is 19.4. The molecule has 0 fully saturated rings. The van der Waals surface area contributed by atoms with Crippen LogP contribution in [0.5, 0.6) is 11.5 Å². The highest BCUT2D eigenvalue weighted by Crippen LogP contribution is 2.35. The summed E-state index contributed by atoms with van der Waals surface area (Å²) in [6, 6.07) is 7.43. The molecule has 27 heavy (non-hydrogen) atoms. The molecular formula is C18H21N3O5S. The number of benzene rings is 1. The Labute approximate surface area is 158 Å². The lowest BCUT2D eigenvalue weighted by molar-refractivity contribution is -0.122. The minimum atomic E-state index is -3.71. The Bertz CT molecular complexity index is 918. The van der Waals surface area contributed by atoms with Crippen LogP contribution in [0, 0.1) is 0 Å². The van der Waals surface area contributed by atoms with Gasteiger partial charge >= 0.3 is 0 Å². The molecule has 0 saturated carbocycles. The molecule has 1 aromatic carbocycles. The summed E-state index contributed by atoms with van der Waals surface area (Å²) in [6.45, 7) is 2.65. The molecule has 0 spiro atoms. The molecule has 1 amide bonds. The summed E-state index contributed by atoms with van der Waals surface area (Å²) in [5.41, 5.74) is 1.21. The zero-order valence-electron chi connectivity index (χ0n) is 15.1. The second-order valence-corrected chi connectivity index (χ2v) is 8.00. The van der Waals surface area contributed by atoms with E-state index in [4.69, 9.17) is 9.47 Å². The van der Waals surface area contributed by atoms with Crippen molar-refractivity contribution in [1.29, 1.82) is 0 Å². The van der Waals surface area contributed by atoms with Crippen molar-refractivity contribution >= 4 is 21.6 Å². The largest absolute Gasteiger partial charge is 0.486 e. The van der Waals surface area contributed by atoms with E-state index in [0.717, 1.165) is 16.1 Å². The molecule has 1 aliphatic rings. The predicted molar refractivity (Wildman–Crippen MR) is 100 cm³/mol. The Morgan fingerprint density at radius 3 is 2.52 bits per heavy atom. The van der Waals surface area contributed by atoms with Gasteiger partial charge in [0.15, 0.2) is 11.5 Å². The van der Waals surface area contributed by atoms with Gasteiger partial charge in [-0.3, -0.25) is 14.1 Å². The average Bonchev–Trinajstić information content (AvgIpc) is 2.65. The number of fused-ring (bicyclic) bond motifs is 1. The van der Waals surface area contributed by atoms with E-state index in [1.54, 1.807) is 49.6 Å². The summed E-state index contributed by atoms with van der Waals surface area (Å²) in [7, 11) is -3.71. The fourth-order valence-corrected chi connectivity index (χ4v) is 3.98. The summed E-state index contributed by atoms with van der Waals surface area (Å²) in [5, 5.41) is 2.75. The lowest BCUT2D eigenvalue weighted by atomic mass is 10.2. The minimum Gasteiger partial charge on any atom is -0.486 e. The molecular weight excluding hydrogens is 370 g/mol. The van der Waals surface area contributed by atoms with Crippen LogP contribution in [0.2, 0.25) is 0 Å². The number of sulfonamides is 1. The second kappa shape index (κ2) is 7.83. The Morgan fingerprint density at radius 2 is 1.85 bits per heavy atom. The van der Waals surface area contributed by atoms with Crippen LogP contribution in [0.3, 0.4) is 0 Å². The number of nitrogens with one attached hydrogen (secondary N) is 1. The van der Waals surface area contributed by atoms with Crippen molar-refractivity contribution in [2.45, 2.75) is 19.5 Å². The summed E-state index contributed by atoms with van der Waals surface area (Å²) in [5.74, 6) is 0.595. The molecule has 0 unspecified atom stereocenters. The molecule has 144 valence electrons. The molecule has 2 heterocycles. The van der Waals surface area contributed by atoms with Crippen molar-refractivity contribution < 1.29 is 22.7 Å². The first-order valence-corrected chi connectivity index (χ1v) is 10.3. The van der Waals surface area contributed by atoms with Gasteiger partial charge in [0.05, 0.1) is 11.9 Å². The van der Waals surface area contributed by atoms with Crippen molar-refractivity contribution in [1.82, 2.24) is 10.3 Å². The van der Waals surface area contributed by atoms with E-state index in [-0.39, 0.29) is 6.54 Å². The standard InChI is InChI=1S/C18H21N3O5S/c1-13(18(22)20-12-14-5-7-19-8-6-14)21(27(2,23)24)15-3-4-16-17(11-15)26-10-9-25-16/h3-8,11,13H,9-10,12H2,1-2H3,(H,20,22)/t13-/m0/s1. The molecule has 0 radical (unpaired) electrons. The van der Waals surface area contributed by atoms with Gasteiger partial charge in [0.2, 0.25) is 15.9 Å². The van der Waals surface area contributed by atoms with Crippen molar-refractivity contribution in [3.05, 3.63) is 48.3 Å². The zero-order valence-corrected chi connectivity index (χ0v) is 15.9. The van der Waals surface area contributed by atoms with E-state index in [0.29, 0.717) is 30.4 Å². The van der Waals surface area contributed by atoms with Crippen LogP contribution in [-0.2, 0) is 21.4 Å². The average molecular weight is 391 g/mol. The van der Waals surface area contributed by atoms with Gasteiger partial charge in [-0.05, 0) is 36.8 Å². The molecule has 0 aliphatic carbocycles. The third-order valence-corrected chi connectivity index (χ3v) is 5.33. The van der Waals surface area contributed by atoms with Gasteiger partial charge in [0, 0.05) is 25.0 Å². The normalized spacial score (nSPS) is 14.3. The maximum absolute atomic E-state index is 12.6. The molecule has 8 nitrogen and oxygen atoms in total. The topological polar surface area (TPSA) is 97.8 Å². The Hall–Kier alpha value is -2.81. The van der Waals surface area contributed by atoms with E-state index in [9.17, 15) is 13.2 Å². The van der Waals surface area contributed by atoms with E-state index in [1.165, 1.54) is 0 Å². The number of nitrogens with zero attached hydrogens (tertiary/aromatic N) is 2. The van der Waals surface area contributed by atoms with Crippen molar-refractivity contribution in [2.75, 3.05) is 23.8 Å². The van der Waals surface area contributed by atoms with Gasteiger partial charge in [-0.2, -0.15) is 0 Å². The first kappa shape index (κ1) is 19.0. The fourth-order valence-electron chi connectivity index (χ4n) is 2.82. The van der Waals surface area contributed by atoms with Crippen LogP contribution in [0.4, 0.5) is 5.69 Å². The van der Waals surface area contributed by atoms with Crippen molar-refractivity contribution in [3.63, 3.8) is 0 Å². The second-order valence-electron chi connectivity index (χ2n) is 6.14. The number of carbonyl (C=O) groups is 1. The van der Waals surface area contributed by atoms with Gasteiger partial charge in [-0.1, -0.05) is 0 Å². The van der Waals surface area contributed by atoms with E-state index in [2.05, 4.69) is 10.3 Å². The molecule has 2 aromatic rings. The number of amides is 1. The lowest BCUT2D eigenvalue weighted by Gasteiger charge is -2.29. The van der Waals surface area contributed by atoms with Gasteiger partial charge in [-0.15, -0.1) is 0 Å². The molecule has 0 bridgehead atoms. The molecule has 9 heteroatoms. The van der Waals surface area contributed by atoms with E-state index < -0.39 is 22.0 Å². The van der Waals surface area contributed by atoms with Crippen LogP contribution in [0.1, 0.15) is 12.5 Å². The predicted octanol–water partition coefficient (Wildman–Crippen LogP) is 1.32. The molecule has 1 atom stereocenters. The first-order valence-electron chi connectivity index (χ1n) is 8.42. The molecule has 1 aliphatic heterocycles. The van der Waals surface area contributed by atoms with Crippen molar-refractivity contribution in [3.8, 4) is 11.5 Å². The van der Waals surface area contributed by atoms with Gasteiger partial charge in [0.1, 0.15) is 19.3 Å². The quantitative estimate of drug-likeness (QED) is 0.798. The number of hydrogen-bond donors (Lipinski definition) is 1. The van der Waals surface area contributed by atoms with Crippen LogP contribution in [0.25, 0.3) is 0 Å². The van der Waals surface area contributed by atoms with Gasteiger partial charge in [-0.25, -0.2) is 8.42 Å². The number of aromatic nitrogens is 1. The Kier molecular flexibility index (Phi) is 5.50. The van der Waals surface area contributed by atoms with Crippen LogP contribution >= 0.6 is 0 Å². The molecule has 1 N–H and O–H groups in total. The molecule has 0 saturated heterocycles. The Balaban J connectivity index is 1.81. The summed E-state index contributed by atoms with van der Waals surface area (Å²) in [4.78, 5) is 16.5.